The number of aromatic nitrogens is 2. The normalized spacial score (nSPS) is 12.3. The molecule has 0 radical (unpaired) electrons. The number of nitrogens with one attached hydrogen (secondary N) is 1. The third kappa shape index (κ3) is 3.46. The summed E-state index contributed by atoms with van der Waals surface area (Å²) in [4.78, 5) is 26.1. The predicted octanol–water partition coefficient (Wildman–Crippen LogP) is 2.42. The number of rotatable bonds is 5. The second-order valence-electron chi connectivity index (χ2n) is 6.91. The summed E-state index contributed by atoms with van der Waals surface area (Å²) in [6.07, 6.45) is 0. The molecule has 0 saturated carbocycles. The fraction of sp³-hybridized carbons (Fsp3) is 0.227. The molecule has 2 heterocycles. The maximum absolute atomic E-state index is 12.4. The lowest BCUT2D eigenvalue weighted by molar-refractivity contribution is 0.128. The zero-order valence-corrected chi connectivity index (χ0v) is 16.0. The van der Waals surface area contributed by atoms with Crippen LogP contribution in [-0.2, 0) is 11.3 Å². The monoisotopic (exact) mass is 374 g/mol. The van der Waals surface area contributed by atoms with Gasteiger partial charge >= 0.3 is 0 Å². The lowest BCUT2D eigenvalue weighted by Crippen LogP contribution is -2.43. The first-order chi connectivity index (χ1) is 13.5. The molecule has 1 N–H and O–H groups in total. The molecule has 142 valence electrons. The van der Waals surface area contributed by atoms with Crippen LogP contribution in [0.5, 0.6) is 0 Å². The molecular formula is C22H22N4O2. The number of anilines is 2. The molecule has 0 spiro atoms. The molecule has 0 aliphatic carbocycles. The van der Waals surface area contributed by atoms with Gasteiger partial charge in [0.1, 0.15) is 5.48 Å². The van der Waals surface area contributed by atoms with Crippen molar-refractivity contribution >= 4 is 23.8 Å². The minimum atomic E-state index is -0.283. The molecule has 0 atom stereocenters. The van der Waals surface area contributed by atoms with Crippen molar-refractivity contribution in [3.8, 4) is 0 Å². The van der Waals surface area contributed by atoms with Gasteiger partial charge in [-0.1, -0.05) is 36.9 Å². The number of nitrogens with zero attached hydrogens (tertiary/aromatic N) is 3. The summed E-state index contributed by atoms with van der Waals surface area (Å²) in [7, 11) is 0. The summed E-state index contributed by atoms with van der Waals surface area (Å²) in [5.41, 5.74) is 5.14. The fourth-order valence-corrected chi connectivity index (χ4v) is 3.26. The van der Waals surface area contributed by atoms with Crippen molar-refractivity contribution in [2.24, 2.45) is 4.99 Å². The van der Waals surface area contributed by atoms with Crippen LogP contribution in [0.2, 0.25) is 0 Å². The van der Waals surface area contributed by atoms with Gasteiger partial charge in [0, 0.05) is 6.54 Å². The number of fused-ring (bicyclic) bond motifs is 2. The summed E-state index contributed by atoms with van der Waals surface area (Å²) in [6, 6.07) is 14.1. The van der Waals surface area contributed by atoms with Gasteiger partial charge in [-0.25, -0.2) is 9.98 Å². The molecule has 0 amide bonds. The molecule has 0 fully saturated rings. The molecular weight excluding hydrogens is 352 g/mol. The summed E-state index contributed by atoms with van der Waals surface area (Å²) < 4.78 is 5.87. The van der Waals surface area contributed by atoms with E-state index in [9.17, 15) is 4.79 Å². The van der Waals surface area contributed by atoms with Crippen LogP contribution in [0, 0.1) is 13.8 Å². The van der Waals surface area contributed by atoms with E-state index in [2.05, 4.69) is 34.5 Å². The maximum Gasteiger partial charge on any atom is 0.279 e. The number of benzene rings is 2. The van der Waals surface area contributed by atoms with Gasteiger partial charge in [0.2, 0.25) is 0 Å². The maximum atomic E-state index is 12.4. The van der Waals surface area contributed by atoms with Gasteiger partial charge in [-0.3, -0.25) is 4.79 Å². The topological polar surface area (TPSA) is 70.6 Å². The van der Waals surface area contributed by atoms with Crippen LogP contribution in [-0.4, -0.2) is 23.1 Å². The van der Waals surface area contributed by atoms with Crippen LogP contribution < -0.4 is 21.3 Å². The van der Waals surface area contributed by atoms with E-state index in [-0.39, 0.29) is 5.56 Å². The van der Waals surface area contributed by atoms with Crippen LogP contribution in [0.15, 0.2) is 52.3 Å². The first-order valence-corrected chi connectivity index (χ1v) is 9.21. The van der Waals surface area contributed by atoms with Gasteiger partial charge in [-0.2, -0.15) is 0 Å². The molecule has 1 aliphatic heterocycles. The highest BCUT2D eigenvalue weighted by Gasteiger charge is 2.23. The Kier molecular flexibility index (Phi) is 4.79. The number of aromatic amines is 1. The second-order valence-corrected chi connectivity index (χ2v) is 6.91. The Balaban J connectivity index is 1.66. The largest absolute Gasteiger partial charge is 0.375 e. The highest BCUT2D eigenvalue weighted by Crippen LogP contribution is 2.36. The Morgan fingerprint density at radius 2 is 1.89 bits per heavy atom. The predicted molar refractivity (Wildman–Crippen MR) is 110 cm³/mol. The van der Waals surface area contributed by atoms with E-state index in [0.717, 1.165) is 28.1 Å². The second kappa shape index (κ2) is 7.40. The van der Waals surface area contributed by atoms with E-state index >= 15 is 0 Å². The Morgan fingerprint density at radius 3 is 2.68 bits per heavy atom. The molecule has 1 aliphatic rings. The summed E-state index contributed by atoms with van der Waals surface area (Å²) in [5.74, 6) is 0.521. The quantitative estimate of drug-likeness (QED) is 0.697. The first-order valence-electron chi connectivity index (χ1n) is 9.21. The minimum absolute atomic E-state index is 0.283. The summed E-state index contributed by atoms with van der Waals surface area (Å²) >= 11 is 0. The van der Waals surface area contributed by atoms with Crippen molar-refractivity contribution in [3.63, 3.8) is 0 Å². The van der Waals surface area contributed by atoms with E-state index in [0.29, 0.717) is 36.4 Å². The highest BCUT2D eigenvalue weighted by atomic mass is 16.5. The smallest absolute Gasteiger partial charge is 0.279 e. The van der Waals surface area contributed by atoms with Crippen LogP contribution in [0.4, 0.5) is 17.2 Å². The fourth-order valence-electron chi connectivity index (χ4n) is 3.26. The van der Waals surface area contributed by atoms with Crippen molar-refractivity contribution < 1.29 is 4.74 Å². The van der Waals surface area contributed by atoms with Crippen molar-refractivity contribution in [2.45, 2.75) is 20.5 Å². The molecule has 2 aromatic carbocycles. The lowest BCUT2D eigenvalue weighted by Gasteiger charge is -2.28. The van der Waals surface area contributed by atoms with Crippen molar-refractivity contribution in [1.29, 1.82) is 0 Å². The highest BCUT2D eigenvalue weighted by molar-refractivity contribution is 5.77. The van der Waals surface area contributed by atoms with Crippen molar-refractivity contribution in [2.75, 3.05) is 18.1 Å². The van der Waals surface area contributed by atoms with Crippen LogP contribution in [0.25, 0.3) is 6.58 Å². The zero-order chi connectivity index (χ0) is 19.7. The van der Waals surface area contributed by atoms with Gasteiger partial charge < -0.3 is 14.6 Å². The van der Waals surface area contributed by atoms with E-state index < -0.39 is 0 Å². The molecule has 1 aromatic heterocycles. The van der Waals surface area contributed by atoms with Crippen molar-refractivity contribution in [1.82, 2.24) is 9.97 Å². The van der Waals surface area contributed by atoms with Crippen LogP contribution in [0.1, 0.15) is 16.7 Å². The van der Waals surface area contributed by atoms with E-state index in [1.54, 1.807) is 0 Å². The minimum Gasteiger partial charge on any atom is -0.375 e. The molecule has 0 bridgehead atoms. The van der Waals surface area contributed by atoms with Gasteiger partial charge in [-0.15, -0.1) is 0 Å². The third-order valence-electron chi connectivity index (χ3n) is 4.87. The third-order valence-corrected chi connectivity index (χ3v) is 4.87. The number of H-pyrrole nitrogens is 1. The van der Waals surface area contributed by atoms with E-state index in [1.165, 1.54) is 0 Å². The van der Waals surface area contributed by atoms with Gasteiger partial charge in [0.05, 0.1) is 24.6 Å². The molecule has 4 rings (SSSR count). The van der Waals surface area contributed by atoms with Crippen molar-refractivity contribution in [3.05, 3.63) is 80.3 Å². The van der Waals surface area contributed by atoms with Crippen LogP contribution >= 0.6 is 0 Å². The average Bonchev–Trinajstić information content (AvgIpc) is 2.67. The molecule has 0 unspecified atom stereocenters. The molecule has 6 heteroatoms. The van der Waals surface area contributed by atoms with Gasteiger partial charge in [-0.05, 0) is 42.7 Å². The van der Waals surface area contributed by atoms with Crippen LogP contribution in [0.3, 0.4) is 0 Å². The summed E-state index contributed by atoms with van der Waals surface area (Å²) in [5, 5.41) is 0.311. The molecule has 0 saturated heterocycles. The number of ether oxygens (including phenoxy) is 1. The number of hydrogen-bond donors (Lipinski definition) is 1. The van der Waals surface area contributed by atoms with E-state index in [4.69, 9.17) is 4.74 Å². The Morgan fingerprint density at radius 1 is 1.14 bits per heavy atom. The lowest BCUT2D eigenvalue weighted by atomic mass is 10.1. The molecule has 6 nitrogen and oxygen atoms in total. The average molecular weight is 374 g/mol. The Labute approximate surface area is 162 Å². The zero-order valence-electron chi connectivity index (χ0n) is 16.0. The Hall–Kier alpha value is -3.25. The Bertz CT molecular complexity index is 1190. The van der Waals surface area contributed by atoms with Gasteiger partial charge in [0.25, 0.3) is 5.56 Å². The first kappa shape index (κ1) is 18.1. The SMILES string of the molecule is C=c1nc2c(c(=O)[nH]1)=Nc1cc(C)c(C)cc1N2CCOCc1ccccc1. The van der Waals surface area contributed by atoms with E-state index in [1.807, 2.05) is 48.2 Å². The standard InChI is InChI=1S/C22H22N4O2/c1-14-11-18-19(12-15(14)2)26(9-10-28-13-17-7-5-4-6-8-17)21-20(25-18)22(27)24-16(3)23-21/h4-8,11-12H,3,9-10,13H2,1-2H3,(H,24,27). The molecule has 28 heavy (non-hydrogen) atoms. The number of hydrogen-bond acceptors (Lipinski definition) is 5. The number of aryl methyl sites for hydroxylation is 2. The summed E-state index contributed by atoms with van der Waals surface area (Å²) in [6.45, 7) is 9.46. The van der Waals surface area contributed by atoms with Gasteiger partial charge in [0.15, 0.2) is 11.2 Å². The molecule has 3 aromatic rings.